The van der Waals surface area contributed by atoms with Gasteiger partial charge in [-0.25, -0.2) is 4.79 Å². The van der Waals surface area contributed by atoms with Crippen LogP contribution < -0.4 is 4.90 Å². The largest absolute Gasteiger partial charge is 0.478 e. The van der Waals surface area contributed by atoms with Gasteiger partial charge in [-0.2, -0.15) is 0 Å². The predicted molar refractivity (Wildman–Crippen MR) is 84.8 cm³/mol. The maximum absolute atomic E-state index is 11.3. The maximum atomic E-state index is 11.3. The molecule has 0 bridgehead atoms. The van der Waals surface area contributed by atoms with Gasteiger partial charge in [0.2, 0.25) is 0 Å². The average Bonchev–Trinajstić information content (AvgIpc) is 2.84. The third kappa shape index (κ3) is 2.60. The zero-order chi connectivity index (χ0) is 14.1. The zero-order valence-corrected chi connectivity index (χ0v) is 13.2. The fourth-order valence-corrected chi connectivity index (χ4v) is 4.19. The first kappa shape index (κ1) is 13.6. The number of benzene rings is 1. The van der Waals surface area contributed by atoms with Crippen molar-refractivity contribution in [2.75, 3.05) is 11.4 Å². The molecule has 3 rings (SSSR count). The lowest BCUT2D eigenvalue weighted by Crippen LogP contribution is -2.29. The first-order valence-electron chi connectivity index (χ1n) is 6.49. The molecule has 2 aromatic rings. The molecular formula is C15H14BrNO2S. The van der Waals surface area contributed by atoms with Gasteiger partial charge in [0.05, 0.1) is 15.9 Å². The molecule has 1 aliphatic heterocycles. The normalized spacial score (nSPS) is 14.2. The van der Waals surface area contributed by atoms with Crippen molar-refractivity contribution in [3.05, 3.63) is 50.1 Å². The number of carboxylic acids is 1. The molecule has 20 heavy (non-hydrogen) atoms. The Morgan fingerprint density at radius 2 is 2.20 bits per heavy atom. The van der Waals surface area contributed by atoms with Crippen molar-refractivity contribution < 1.29 is 9.90 Å². The highest BCUT2D eigenvalue weighted by molar-refractivity contribution is 9.11. The first-order valence-corrected chi connectivity index (χ1v) is 8.10. The molecule has 0 radical (unpaired) electrons. The van der Waals surface area contributed by atoms with E-state index in [0.29, 0.717) is 5.56 Å². The SMILES string of the molecule is O=C(O)c1cccc2c1CCCN2Cc1ccc(Br)s1. The number of fused-ring (bicyclic) bond motifs is 1. The van der Waals surface area contributed by atoms with Crippen LogP contribution in [0.4, 0.5) is 5.69 Å². The van der Waals surface area contributed by atoms with E-state index in [1.807, 2.05) is 12.1 Å². The average molecular weight is 352 g/mol. The maximum Gasteiger partial charge on any atom is 0.336 e. The van der Waals surface area contributed by atoms with E-state index in [1.165, 1.54) is 4.88 Å². The lowest BCUT2D eigenvalue weighted by Gasteiger charge is -2.31. The Labute approximate surface area is 130 Å². The molecule has 1 N–H and O–H groups in total. The zero-order valence-electron chi connectivity index (χ0n) is 10.8. The van der Waals surface area contributed by atoms with Gasteiger partial charge >= 0.3 is 5.97 Å². The standard InChI is InChI=1S/C15H14BrNO2S/c16-14-7-6-10(20-14)9-17-8-2-4-11-12(15(18)19)3-1-5-13(11)17/h1,3,5-7H,2,4,8-9H2,(H,18,19). The molecule has 0 saturated heterocycles. The summed E-state index contributed by atoms with van der Waals surface area (Å²) in [5.41, 5.74) is 2.49. The first-order chi connectivity index (χ1) is 9.65. The number of anilines is 1. The number of carbonyl (C=O) groups is 1. The Morgan fingerprint density at radius 3 is 2.90 bits per heavy atom. The molecule has 0 aliphatic carbocycles. The smallest absolute Gasteiger partial charge is 0.336 e. The fourth-order valence-electron chi connectivity index (χ4n) is 2.69. The summed E-state index contributed by atoms with van der Waals surface area (Å²) < 4.78 is 1.13. The highest BCUT2D eigenvalue weighted by Gasteiger charge is 2.22. The lowest BCUT2D eigenvalue weighted by atomic mass is 9.96. The third-order valence-electron chi connectivity index (χ3n) is 3.55. The van der Waals surface area contributed by atoms with Crippen LogP contribution in [0.2, 0.25) is 0 Å². The second-order valence-corrected chi connectivity index (χ2v) is 7.39. The Bertz CT molecular complexity index is 653. The van der Waals surface area contributed by atoms with Crippen LogP contribution in [-0.2, 0) is 13.0 Å². The summed E-state index contributed by atoms with van der Waals surface area (Å²) in [5.74, 6) is -0.831. The van der Waals surface area contributed by atoms with Gasteiger partial charge < -0.3 is 10.0 Å². The summed E-state index contributed by atoms with van der Waals surface area (Å²) in [4.78, 5) is 14.9. The Hall–Kier alpha value is -1.33. The minimum atomic E-state index is -0.831. The number of rotatable bonds is 3. The minimum absolute atomic E-state index is 0.444. The van der Waals surface area contributed by atoms with Crippen molar-refractivity contribution in [3.8, 4) is 0 Å². The van der Waals surface area contributed by atoms with Crippen molar-refractivity contribution in [2.24, 2.45) is 0 Å². The molecule has 1 aromatic carbocycles. The van der Waals surface area contributed by atoms with Crippen molar-refractivity contribution in [3.63, 3.8) is 0 Å². The van der Waals surface area contributed by atoms with Crippen molar-refractivity contribution in [2.45, 2.75) is 19.4 Å². The van der Waals surface area contributed by atoms with Gasteiger partial charge in [-0.3, -0.25) is 0 Å². The summed E-state index contributed by atoms with van der Waals surface area (Å²) in [6.07, 6.45) is 1.85. The van der Waals surface area contributed by atoms with Crippen molar-refractivity contribution in [1.29, 1.82) is 0 Å². The third-order valence-corrected chi connectivity index (χ3v) is 5.16. The summed E-state index contributed by atoms with van der Waals surface area (Å²) >= 11 is 5.21. The van der Waals surface area contributed by atoms with Crippen LogP contribution in [-0.4, -0.2) is 17.6 Å². The second kappa shape index (κ2) is 5.58. The van der Waals surface area contributed by atoms with E-state index in [9.17, 15) is 9.90 Å². The highest BCUT2D eigenvalue weighted by Crippen LogP contribution is 2.32. The number of hydrogen-bond acceptors (Lipinski definition) is 3. The number of halogens is 1. The Morgan fingerprint density at radius 1 is 1.35 bits per heavy atom. The van der Waals surface area contributed by atoms with Crippen LogP contribution in [0.5, 0.6) is 0 Å². The summed E-state index contributed by atoms with van der Waals surface area (Å²) in [7, 11) is 0. The van der Waals surface area contributed by atoms with Crippen LogP contribution in [0.15, 0.2) is 34.1 Å². The monoisotopic (exact) mass is 351 g/mol. The molecule has 1 aliphatic rings. The van der Waals surface area contributed by atoms with Crippen LogP contribution in [0.1, 0.15) is 27.2 Å². The number of hydrogen-bond donors (Lipinski definition) is 1. The van der Waals surface area contributed by atoms with E-state index in [2.05, 4.69) is 33.0 Å². The summed E-state index contributed by atoms with van der Waals surface area (Å²) in [6.45, 7) is 1.82. The van der Waals surface area contributed by atoms with Gasteiger partial charge in [0.1, 0.15) is 0 Å². The second-order valence-electron chi connectivity index (χ2n) is 4.84. The molecule has 3 nitrogen and oxygen atoms in total. The predicted octanol–water partition coefficient (Wildman–Crippen LogP) is 4.16. The fraction of sp³-hybridized carbons (Fsp3) is 0.267. The van der Waals surface area contributed by atoms with E-state index < -0.39 is 5.97 Å². The number of nitrogens with zero attached hydrogens (tertiary/aromatic N) is 1. The topological polar surface area (TPSA) is 40.5 Å². The quantitative estimate of drug-likeness (QED) is 0.902. The van der Waals surface area contributed by atoms with Crippen LogP contribution >= 0.6 is 27.3 Å². The molecule has 5 heteroatoms. The minimum Gasteiger partial charge on any atom is -0.478 e. The van der Waals surface area contributed by atoms with Crippen molar-refractivity contribution in [1.82, 2.24) is 0 Å². The molecule has 0 spiro atoms. The molecule has 2 heterocycles. The molecule has 1 aromatic heterocycles. The Balaban J connectivity index is 1.94. The lowest BCUT2D eigenvalue weighted by molar-refractivity contribution is 0.0695. The van der Waals surface area contributed by atoms with Crippen LogP contribution in [0.25, 0.3) is 0 Å². The van der Waals surface area contributed by atoms with Crippen molar-refractivity contribution >= 4 is 38.9 Å². The van der Waals surface area contributed by atoms with E-state index in [-0.39, 0.29) is 0 Å². The summed E-state index contributed by atoms with van der Waals surface area (Å²) in [6, 6.07) is 9.74. The number of thiophene rings is 1. The molecule has 0 atom stereocenters. The van der Waals surface area contributed by atoms with Gasteiger partial charge in [0.25, 0.3) is 0 Å². The molecule has 0 unspecified atom stereocenters. The molecular weight excluding hydrogens is 338 g/mol. The molecule has 0 saturated carbocycles. The van der Waals surface area contributed by atoms with E-state index in [1.54, 1.807) is 17.4 Å². The Kier molecular flexibility index (Phi) is 3.81. The van der Waals surface area contributed by atoms with Gasteiger partial charge in [-0.15, -0.1) is 11.3 Å². The molecule has 0 amide bonds. The summed E-state index contributed by atoms with van der Waals surface area (Å²) in [5, 5.41) is 9.30. The van der Waals surface area contributed by atoms with Crippen LogP contribution in [0.3, 0.4) is 0 Å². The number of aromatic carboxylic acids is 1. The van der Waals surface area contributed by atoms with E-state index in [0.717, 1.165) is 41.0 Å². The van der Waals surface area contributed by atoms with Crippen LogP contribution in [0, 0.1) is 0 Å². The highest BCUT2D eigenvalue weighted by atomic mass is 79.9. The molecule has 104 valence electrons. The van der Waals surface area contributed by atoms with Gasteiger partial charge in [-0.1, -0.05) is 6.07 Å². The van der Waals surface area contributed by atoms with E-state index >= 15 is 0 Å². The van der Waals surface area contributed by atoms with Gasteiger partial charge in [0.15, 0.2) is 0 Å². The molecule has 0 fully saturated rings. The van der Waals surface area contributed by atoms with Gasteiger partial charge in [0, 0.05) is 17.1 Å². The van der Waals surface area contributed by atoms with E-state index in [4.69, 9.17) is 0 Å². The number of carboxylic acid groups (broad SMARTS) is 1. The van der Waals surface area contributed by atoms with Gasteiger partial charge in [-0.05, 0) is 58.6 Å².